The van der Waals surface area contributed by atoms with Gasteiger partial charge in [0.2, 0.25) is 10.0 Å². The summed E-state index contributed by atoms with van der Waals surface area (Å²) in [5.41, 5.74) is 0.519. The number of hydrogen-bond acceptors (Lipinski definition) is 5. The highest BCUT2D eigenvalue weighted by Gasteiger charge is 2.28. The Morgan fingerprint density at radius 1 is 1.17 bits per heavy atom. The van der Waals surface area contributed by atoms with E-state index in [-0.39, 0.29) is 22.6 Å². The van der Waals surface area contributed by atoms with Gasteiger partial charge in [0.15, 0.2) is 17.1 Å². The number of benzene rings is 2. The molecule has 1 saturated heterocycles. The number of nitrogens with one attached hydrogen (secondary N) is 1. The number of methoxy groups -OCH3 is 1. The van der Waals surface area contributed by atoms with Crippen molar-refractivity contribution in [3.05, 3.63) is 60.1 Å². The molecule has 2 aromatic carbocycles. The lowest BCUT2D eigenvalue weighted by Gasteiger charge is -2.31. The number of carbonyl (C=O) groups is 1. The molecule has 1 fully saturated rings. The zero-order valence-corrected chi connectivity index (χ0v) is 17.1. The summed E-state index contributed by atoms with van der Waals surface area (Å²) in [5, 5.41) is 0.777. The van der Waals surface area contributed by atoms with Gasteiger partial charge in [0.1, 0.15) is 5.82 Å². The first kappa shape index (κ1) is 20.4. The number of carbonyl (C=O) groups excluding carboxylic acids is 1. The number of nitrogens with zero attached hydrogens (tertiary/aromatic N) is 1. The Kier molecular flexibility index (Phi) is 5.48. The van der Waals surface area contributed by atoms with Crippen molar-refractivity contribution in [1.82, 2.24) is 9.62 Å². The van der Waals surface area contributed by atoms with E-state index in [1.54, 1.807) is 17.0 Å². The molecule has 1 N–H and O–H groups in total. The number of piperidine rings is 1. The largest absolute Gasteiger partial charge is 0.493 e. The van der Waals surface area contributed by atoms with E-state index in [0.717, 1.165) is 17.5 Å². The van der Waals surface area contributed by atoms with Crippen molar-refractivity contribution in [3.63, 3.8) is 0 Å². The Bertz CT molecular complexity index is 1170. The Labute approximate surface area is 173 Å². The van der Waals surface area contributed by atoms with Crippen molar-refractivity contribution >= 4 is 26.9 Å². The highest BCUT2D eigenvalue weighted by atomic mass is 32.2. The number of furan rings is 1. The minimum atomic E-state index is -3.74. The summed E-state index contributed by atoms with van der Waals surface area (Å²) < 4.78 is 51.6. The Morgan fingerprint density at radius 2 is 1.87 bits per heavy atom. The van der Waals surface area contributed by atoms with Gasteiger partial charge in [-0.2, -0.15) is 0 Å². The number of rotatable bonds is 5. The maximum absolute atomic E-state index is 13.0. The van der Waals surface area contributed by atoms with E-state index in [1.807, 2.05) is 12.1 Å². The molecule has 0 aliphatic carbocycles. The second-order valence-corrected chi connectivity index (χ2v) is 8.84. The average molecular weight is 432 g/mol. The fourth-order valence-electron chi connectivity index (χ4n) is 3.56. The van der Waals surface area contributed by atoms with Gasteiger partial charge < -0.3 is 14.1 Å². The zero-order chi connectivity index (χ0) is 21.3. The van der Waals surface area contributed by atoms with Gasteiger partial charge in [-0.15, -0.1) is 0 Å². The van der Waals surface area contributed by atoms with Gasteiger partial charge in [0.05, 0.1) is 12.0 Å². The van der Waals surface area contributed by atoms with E-state index in [0.29, 0.717) is 37.3 Å². The van der Waals surface area contributed by atoms with Crippen molar-refractivity contribution < 1.29 is 26.8 Å². The molecule has 0 spiro atoms. The average Bonchev–Trinajstić information content (AvgIpc) is 3.18. The summed E-state index contributed by atoms with van der Waals surface area (Å²) in [6, 6.07) is 11.5. The van der Waals surface area contributed by atoms with Crippen LogP contribution < -0.4 is 9.46 Å². The van der Waals surface area contributed by atoms with Gasteiger partial charge in [-0.25, -0.2) is 17.5 Å². The lowest BCUT2D eigenvalue weighted by atomic mass is 10.1. The number of ether oxygens (including phenoxy) is 1. The molecule has 4 rings (SSSR count). The van der Waals surface area contributed by atoms with Gasteiger partial charge in [0.25, 0.3) is 5.91 Å². The molecule has 7 nitrogen and oxygen atoms in total. The molecule has 1 aliphatic rings. The van der Waals surface area contributed by atoms with E-state index in [2.05, 4.69) is 4.72 Å². The Balaban J connectivity index is 1.41. The number of para-hydroxylation sites is 1. The first-order chi connectivity index (χ1) is 14.4. The van der Waals surface area contributed by atoms with Crippen LogP contribution in [0.1, 0.15) is 23.4 Å². The Hall–Kier alpha value is -2.91. The van der Waals surface area contributed by atoms with Crippen LogP contribution in [-0.4, -0.2) is 45.5 Å². The summed E-state index contributed by atoms with van der Waals surface area (Å²) >= 11 is 0. The number of fused-ring (bicyclic) bond motifs is 1. The van der Waals surface area contributed by atoms with Crippen molar-refractivity contribution in [1.29, 1.82) is 0 Å². The molecule has 158 valence electrons. The van der Waals surface area contributed by atoms with E-state index < -0.39 is 15.8 Å². The number of hydrogen-bond donors (Lipinski definition) is 1. The quantitative estimate of drug-likeness (QED) is 0.669. The number of sulfonamides is 1. The van der Waals surface area contributed by atoms with E-state index in [4.69, 9.17) is 9.15 Å². The van der Waals surface area contributed by atoms with Crippen LogP contribution in [0.25, 0.3) is 11.0 Å². The van der Waals surface area contributed by atoms with Crippen molar-refractivity contribution in [2.45, 2.75) is 23.8 Å². The fourth-order valence-corrected chi connectivity index (χ4v) is 4.86. The lowest BCUT2D eigenvalue weighted by molar-refractivity contribution is 0.0681. The lowest BCUT2D eigenvalue weighted by Crippen LogP contribution is -2.46. The minimum absolute atomic E-state index is 0.0126. The molecule has 1 aliphatic heterocycles. The molecule has 0 radical (unpaired) electrons. The normalized spacial score (nSPS) is 15.5. The molecular formula is C21H21FN2O5S. The number of halogens is 1. The summed E-state index contributed by atoms with van der Waals surface area (Å²) in [7, 11) is -2.21. The fraction of sp³-hybridized carbons (Fsp3) is 0.286. The predicted molar refractivity (Wildman–Crippen MR) is 108 cm³/mol. The molecule has 9 heteroatoms. The van der Waals surface area contributed by atoms with Crippen LogP contribution in [0.2, 0.25) is 0 Å². The van der Waals surface area contributed by atoms with Gasteiger partial charge in [-0.1, -0.05) is 12.1 Å². The third kappa shape index (κ3) is 4.03. The van der Waals surface area contributed by atoms with Crippen molar-refractivity contribution in [2.75, 3.05) is 20.2 Å². The minimum Gasteiger partial charge on any atom is -0.493 e. The standard InChI is InChI=1S/C21H21FN2O5S/c1-28-18-4-2-3-14-13-19(29-20(14)18)21(25)24-11-9-16(10-12-24)23-30(26,27)17-7-5-15(22)6-8-17/h2-8,13,16,23H,9-12H2,1H3. The third-order valence-electron chi connectivity index (χ3n) is 5.17. The molecular weight excluding hydrogens is 411 g/mol. The molecule has 3 aromatic rings. The Morgan fingerprint density at radius 3 is 2.53 bits per heavy atom. The van der Waals surface area contributed by atoms with Gasteiger partial charge in [0, 0.05) is 24.5 Å². The smallest absolute Gasteiger partial charge is 0.289 e. The predicted octanol–water partition coefficient (Wildman–Crippen LogP) is 3.16. The molecule has 30 heavy (non-hydrogen) atoms. The maximum Gasteiger partial charge on any atom is 0.289 e. The van der Waals surface area contributed by atoms with Crippen LogP contribution in [0.15, 0.2) is 57.8 Å². The molecule has 0 atom stereocenters. The van der Waals surface area contributed by atoms with Gasteiger partial charge in [-0.3, -0.25) is 4.79 Å². The molecule has 0 unspecified atom stereocenters. The van der Waals surface area contributed by atoms with Crippen molar-refractivity contribution in [2.24, 2.45) is 0 Å². The van der Waals surface area contributed by atoms with E-state index in [9.17, 15) is 17.6 Å². The summed E-state index contributed by atoms with van der Waals surface area (Å²) in [4.78, 5) is 14.5. The van der Waals surface area contributed by atoms with E-state index in [1.165, 1.54) is 19.2 Å². The molecule has 1 amide bonds. The molecule has 0 bridgehead atoms. The number of amides is 1. The van der Waals surface area contributed by atoms with Gasteiger partial charge >= 0.3 is 0 Å². The topological polar surface area (TPSA) is 88.9 Å². The maximum atomic E-state index is 13.0. The molecule has 1 aromatic heterocycles. The summed E-state index contributed by atoms with van der Waals surface area (Å²) in [5.74, 6) is 0.0392. The van der Waals surface area contributed by atoms with Crippen LogP contribution >= 0.6 is 0 Å². The summed E-state index contributed by atoms with van der Waals surface area (Å²) in [6.45, 7) is 0.785. The SMILES string of the molecule is COc1cccc2cc(C(=O)N3CCC(NS(=O)(=O)c4ccc(F)cc4)CC3)oc12. The first-order valence-corrected chi connectivity index (χ1v) is 11.0. The van der Waals surface area contributed by atoms with Crippen LogP contribution in [0.4, 0.5) is 4.39 Å². The first-order valence-electron chi connectivity index (χ1n) is 9.51. The second-order valence-electron chi connectivity index (χ2n) is 7.13. The summed E-state index contributed by atoms with van der Waals surface area (Å²) in [6.07, 6.45) is 0.936. The number of likely N-dealkylation sites (tertiary alicyclic amines) is 1. The van der Waals surface area contributed by atoms with Crippen LogP contribution in [0, 0.1) is 5.82 Å². The second kappa shape index (κ2) is 8.08. The van der Waals surface area contributed by atoms with E-state index >= 15 is 0 Å². The highest BCUT2D eigenvalue weighted by Crippen LogP contribution is 2.29. The highest BCUT2D eigenvalue weighted by molar-refractivity contribution is 7.89. The van der Waals surface area contributed by atoms with Crippen LogP contribution in [-0.2, 0) is 10.0 Å². The molecule has 0 saturated carbocycles. The van der Waals surface area contributed by atoms with Crippen molar-refractivity contribution in [3.8, 4) is 5.75 Å². The monoisotopic (exact) mass is 432 g/mol. The third-order valence-corrected chi connectivity index (χ3v) is 6.70. The van der Waals surface area contributed by atoms with Gasteiger partial charge in [-0.05, 0) is 49.2 Å². The van der Waals surface area contributed by atoms with Crippen LogP contribution in [0.3, 0.4) is 0 Å². The van der Waals surface area contributed by atoms with Crippen LogP contribution in [0.5, 0.6) is 5.75 Å². The zero-order valence-electron chi connectivity index (χ0n) is 16.3. The molecule has 2 heterocycles.